The molecule has 3 nitrogen and oxygen atoms in total. The summed E-state index contributed by atoms with van der Waals surface area (Å²) in [5.41, 5.74) is 0. The molecule has 20 heavy (non-hydrogen) atoms. The fourth-order valence-corrected chi connectivity index (χ4v) is 3.11. The van der Waals surface area contributed by atoms with Gasteiger partial charge in [-0.2, -0.15) is 0 Å². The van der Waals surface area contributed by atoms with Crippen molar-refractivity contribution in [1.29, 1.82) is 0 Å². The van der Waals surface area contributed by atoms with Crippen molar-refractivity contribution in [2.45, 2.75) is 25.8 Å². The third-order valence-electron chi connectivity index (χ3n) is 3.61. The second kappa shape index (κ2) is 8.08. The summed E-state index contributed by atoms with van der Waals surface area (Å²) in [6.45, 7) is 7.02. The minimum atomic E-state index is 0.571. The highest BCUT2D eigenvalue weighted by Crippen LogP contribution is 2.32. The van der Waals surface area contributed by atoms with E-state index in [0.717, 1.165) is 32.6 Å². The second-order valence-electron chi connectivity index (χ2n) is 5.08. The SMILES string of the molecule is CCCN(CCOc1c(Cl)cccc1Cl)C1CCNC1. The molecule has 1 aromatic carbocycles. The molecule has 1 aliphatic rings. The molecule has 1 atom stereocenters. The lowest BCUT2D eigenvalue weighted by Crippen LogP contribution is -2.40. The van der Waals surface area contributed by atoms with Crippen LogP contribution in [0.15, 0.2) is 18.2 Å². The van der Waals surface area contributed by atoms with Crippen molar-refractivity contribution in [3.05, 3.63) is 28.2 Å². The van der Waals surface area contributed by atoms with Crippen LogP contribution < -0.4 is 10.1 Å². The second-order valence-corrected chi connectivity index (χ2v) is 5.90. The summed E-state index contributed by atoms with van der Waals surface area (Å²) in [5, 5.41) is 4.56. The Hall–Kier alpha value is -0.480. The molecule has 1 N–H and O–H groups in total. The molecule has 0 saturated carbocycles. The summed E-state index contributed by atoms with van der Waals surface area (Å²) in [5.74, 6) is 0.594. The van der Waals surface area contributed by atoms with Crippen LogP contribution in [0.3, 0.4) is 0 Å². The first kappa shape index (κ1) is 15.9. The Bertz CT molecular complexity index is 402. The first-order chi connectivity index (χ1) is 9.72. The highest BCUT2D eigenvalue weighted by Gasteiger charge is 2.21. The molecule has 1 unspecified atom stereocenters. The van der Waals surface area contributed by atoms with Crippen molar-refractivity contribution in [1.82, 2.24) is 10.2 Å². The summed E-state index contributed by atoms with van der Waals surface area (Å²) in [6, 6.07) is 6.05. The molecule has 2 rings (SSSR count). The molecule has 0 aromatic heterocycles. The van der Waals surface area contributed by atoms with Gasteiger partial charge in [-0.25, -0.2) is 0 Å². The van der Waals surface area contributed by atoms with E-state index >= 15 is 0 Å². The van der Waals surface area contributed by atoms with Gasteiger partial charge in [0.15, 0.2) is 5.75 Å². The van der Waals surface area contributed by atoms with E-state index in [1.807, 2.05) is 6.07 Å². The summed E-state index contributed by atoms with van der Waals surface area (Å²) in [7, 11) is 0. The molecule has 1 aromatic rings. The maximum atomic E-state index is 6.10. The smallest absolute Gasteiger partial charge is 0.156 e. The van der Waals surface area contributed by atoms with Crippen LogP contribution in [0.5, 0.6) is 5.75 Å². The Balaban J connectivity index is 1.86. The van der Waals surface area contributed by atoms with Gasteiger partial charge in [0.25, 0.3) is 0 Å². The Morgan fingerprint density at radius 3 is 2.65 bits per heavy atom. The van der Waals surface area contributed by atoms with Crippen LogP contribution in [-0.2, 0) is 0 Å². The molecule has 0 aliphatic carbocycles. The average molecular weight is 317 g/mol. The van der Waals surface area contributed by atoms with Gasteiger partial charge < -0.3 is 10.1 Å². The van der Waals surface area contributed by atoms with Gasteiger partial charge in [-0.1, -0.05) is 36.2 Å². The van der Waals surface area contributed by atoms with Gasteiger partial charge in [0.05, 0.1) is 10.0 Å². The van der Waals surface area contributed by atoms with E-state index in [1.165, 1.54) is 6.42 Å². The Morgan fingerprint density at radius 1 is 1.30 bits per heavy atom. The third kappa shape index (κ3) is 4.26. The molecule has 1 fully saturated rings. The molecule has 0 bridgehead atoms. The van der Waals surface area contributed by atoms with Gasteiger partial charge in [0.2, 0.25) is 0 Å². The van der Waals surface area contributed by atoms with Crippen LogP contribution >= 0.6 is 23.2 Å². The van der Waals surface area contributed by atoms with Gasteiger partial charge in [0.1, 0.15) is 6.61 Å². The van der Waals surface area contributed by atoms with Crippen molar-refractivity contribution in [3.8, 4) is 5.75 Å². The summed E-state index contributed by atoms with van der Waals surface area (Å²) < 4.78 is 5.78. The van der Waals surface area contributed by atoms with Gasteiger partial charge in [-0.05, 0) is 38.1 Å². The highest BCUT2D eigenvalue weighted by molar-refractivity contribution is 6.37. The molecule has 1 aliphatic heterocycles. The molecule has 1 saturated heterocycles. The molecule has 5 heteroatoms. The van der Waals surface area contributed by atoms with Crippen LogP contribution in [0.2, 0.25) is 10.0 Å². The van der Waals surface area contributed by atoms with E-state index in [1.54, 1.807) is 12.1 Å². The summed E-state index contributed by atoms with van der Waals surface area (Å²) >= 11 is 12.2. The molecule has 112 valence electrons. The lowest BCUT2D eigenvalue weighted by Gasteiger charge is -2.27. The Labute approximate surface area is 131 Å². The van der Waals surface area contributed by atoms with Crippen molar-refractivity contribution in [3.63, 3.8) is 0 Å². The zero-order chi connectivity index (χ0) is 14.4. The zero-order valence-electron chi connectivity index (χ0n) is 11.9. The number of para-hydroxylation sites is 1. The maximum absolute atomic E-state index is 6.10. The standard InChI is InChI=1S/C15H22Cl2N2O/c1-2-8-19(12-6-7-18-11-12)9-10-20-15-13(16)4-3-5-14(15)17/h3-5,12,18H,2,6-11H2,1H3. The lowest BCUT2D eigenvalue weighted by atomic mass is 10.2. The molecule has 0 amide bonds. The third-order valence-corrected chi connectivity index (χ3v) is 4.20. The Morgan fingerprint density at radius 2 is 2.05 bits per heavy atom. The van der Waals surface area contributed by atoms with Crippen molar-refractivity contribution in [2.24, 2.45) is 0 Å². The number of hydrogen-bond acceptors (Lipinski definition) is 3. The molecular weight excluding hydrogens is 295 g/mol. The van der Waals surface area contributed by atoms with Gasteiger partial charge in [-0.15, -0.1) is 0 Å². The monoisotopic (exact) mass is 316 g/mol. The van der Waals surface area contributed by atoms with Crippen molar-refractivity contribution < 1.29 is 4.74 Å². The lowest BCUT2D eigenvalue weighted by molar-refractivity contribution is 0.167. The van der Waals surface area contributed by atoms with Gasteiger partial charge >= 0.3 is 0 Å². The summed E-state index contributed by atoms with van der Waals surface area (Å²) in [4.78, 5) is 2.49. The predicted octanol–water partition coefficient (Wildman–Crippen LogP) is 3.45. The summed E-state index contributed by atoms with van der Waals surface area (Å²) in [6.07, 6.45) is 2.37. The molecular formula is C15H22Cl2N2O. The van der Waals surface area contributed by atoms with E-state index in [9.17, 15) is 0 Å². The van der Waals surface area contributed by atoms with Crippen LogP contribution in [0.4, 0.5) is 0 Å². The van der Waals surface area contributed by atoms with Crippen LogP contribution in [0, 0.1) is 0 Å². The van der Waals surface area contributed by atoms with E-state index < -0.39 is 0 Å². The number of nitrogens with one attached hydrogen (secondary N) is 1. The van der Waals surface area contributed by atoms with E-state index in [2.05, 4.69) is 17.1 Å². The van der Waals surface area contributed by atoms with Gasteiger partial charge in [0, 0.05) is 19.1 Å². The fraction of sp³-hybridized carbons (Fsp3) is 0.600. The molecule has 0 spiro atoms. The van der Waals surface area contributed by atoms with Crippen LogP contribution in [0.1, 0.15) is 19.8 Å². The van der Waals surface area contributed by atoms with Crippen LogP contribution in [-0.4, -0.2) is 43.7 Å². The number of benzene rings is 1. The van der Waals surface area contributed by atoms with E-state index in [0.29, 0.717) is 28.4 Å². The minimum Gasteiger partial charge on any atom is -0.489 e. The topological polar surface area (TPSA) is 24.5 Å². The molecule has 1 heterocycles. The predicted molar refractivity (Wildman–Crippen MR) is 85.1 cm³/mol. The fourth-order valence-electron chi connectivity index (χ4n) is 2.60. The zero-order valence-corrected chi connectivity index (χ0v) is 13.4. The van der Waals surface area contributed by atoms with E-state index in [4.69, 9.17) is 27.9 Å². The van der Waals surface area contributed by atoms with Crippen molar-refractivity contribution in [2.75, 3.05) is 32.8 Å². The largest absolute Gasteiger partial charge is 0.489 e. The normalized spacial score (nSPS) is 18.7. The number of ether oxygens (including phenoxy) is 1. The number of rotatable bonds is 7. The Kier molecular flexibility index (Phi) is 6.43. The number of hydrogen-bond donors (Lipinski definition) is 1. The average Bonchev–Trinajstić information content (AvgIpc) is 2.95. The van der Waals surface area contributed by atoms with Crippen LogP contribution in [0.25, 0.3) is 0 Å². The molecule has 0 radical (unpaired) electrons. The van der Waals surface area contributed by atoms with Gasteiger partial charge in [-0.3, -0.25) is 4.90 Å². The number of nitrogens with zero attached hydrogens (tertiary/aromatic N) is 1. The first-order valence-electron chi connectivity index (χ1n) is 7.24. The number of halogens is 2. The highest BCUT2D eigenvalue weighted by atomic mass is 35.5. The quantitative estimate of drug-likeness (QED) is 0.834. The first-order valence-corrected chi connectivity index (χ1v) is 7.99. The minimum absolute atomic E-state index is 0.571. The maximum Gasteiger partial charge on any atom is 0.156 e. The van der Waals surface area contributed by atoms with E-state index in [-0.39, 0.29) is 0 Å². The van der Waals surface area contributed by atoms with Crippen molar-refractivity contribution >= 4 is 23.2 Å².